The highest BCUT2D eigenvalue weighted by molar-refractivity contribution is 14.1. The summed E-state index contributed by atoms with van der Waals surface area (Å²) in [4.78, 5) is 0. The van der Waals surface area contributed by atoms with E-state index in [4.69, 9.17) is 0 Å². The highest BCUT2D eigenvalue weighted by atomic mass is 127. The van der Waals surface area contributed by atoms with Crippen molar-refractivity contribution in [3.63, 3.8) is 0 Å². The van der Waals surface area contributed by atoms with Gasteiger partial charge in [-0.25, -0.2) is 0 Å². The van der Waals surface area contributed by atoms with Crippen LogP contribution in [0.15, 0.2) is 0 Å². The average Bonchev–Trinajstić information content (AvgIpc) is 3.16. The van der Waals surface area contributed by atoms with Crippen molar-refractivity contribution in [2.24, 2.45) is 11.8 Å². The van der Waals surface area contributed by atoms with E-state index in [-0.39, 0.29) is 0 Å². The second kappa shape index (κ2) is 12.5. The SMILES string of the molecule is CCCCCCCCCC[C@@H]1C[C@@H]1CCCCCI. The Morgan fingerprint density at radius 1 is 0.684 bits per heavy atom. The van der Waals surface area contributed by atoms with Crippen LogP contribution in [0.5, 0.6) is 0 Å². The van der Waals surface area contributed by atoms with Crippen LogP contribution in [0.25, 0.3) is 0 Å². The zero-order chi connectivity index (χ0) is 13.8. The fourth-order valence-electron chi connectivity index (χ4n) is 3.24. The summed E-state index contributed by atoms with van der Waals surface area (Å²) in [6.07, 6.45) is 20.9. The van der Waals surface area contributed by atoms with Crippen LogP contribution in [0.1, 0.15) is 96.8 Å². The van der Waals surface area contributed by atoms with Gasteiger partial charge in [0.25, 0.3) is 0 Å². The van der Waals surface area contributed by atoms with Gasteiger partial charge in [-0.05, 0) is 29.1 Å². The van der Waals surface area contributed by atoms with Crippen LogP contribution in [-0.2, 0) is 0 Å². The Labute approximate surface area is 135 Å². The summed E-state index contributed by atoms with van der Waals surface area (Å²) in [6.45, 7) is 2.30. The molecular weight excluding hydrogens is 343 g/mol. The van der Waals surface area contributed by atoms with Gasteiger partial charge in [0.15, 0.2) is 0 Å². The topological polar surface area (TPSA) is 0 Å². The normalized spacial score (nSPS) is 21.8. The molecule has 0 aromatic carbocycles. The van der Waals surface area contributed by atoms with Gasteiger partial charge in [-0.2, -0.15) is 0 Å². The third-order valence-electron chi connectivity index (χ3n) is 4.71. The third kappa shape index (κ3) is 10.1. The van der Waals surface area contributed by atoms with Crippen molar-refractivity contribution in [3.8, 4) is 0 Å². The number of hydrogen-bond donors (Lipinski definition) is 0. The lowest BCUT2D eigenvalue weighted by atomic mass is 10.0. The molecular formula is C18H35I. The van der Waals surface area contributed by atoms with Crippen LogP contribution >= 0.6 is 22.6 Å². The predicted molar refractivity (Wildman–Crippen MR) is 96.2 cm³/mol. The number of halogens is 1. The van der Waals surface area contributed by atoms with Crippen molar-refractivity contribution >= 4 is 22.6 Å². The van der Waals surface area contributed by atoms with Crippen LogP contribution in [0.4, 0.5) is 0 Å². The summed E-state index contributed by atoms with van der Waals surface area (Å²) >= 11 is 2.50. The lowest BCUT2D eigenvalue weighted by molar-refractivity contribution is 0.520. The minimum Gasteiger partial charge on any atom is -0.0864 e. The molecule has 114 valence electrons. The lowest BCUT2D eigenvalue weighted by Crippen LogP contribution is -1.87. The fraction of sp³-hybridized carbons (Fsp3) is 1.00. The Hall–Kier alpha value is 0.730. The van der Waals surface area contributed by atoms with Gasteiger partial charge in [-0.15, -0.1) is 0 Å². The molecule has 0 aromatic rings. The van der Waals surface area contributed by atoms with E-state index >= 15 is 0 Å². The van der Waals surface area contributed by atoms with E-state index in [1.165, 1.54) is 75.1 Å². The Morgan fingerprint density at radius 3 is 1.68 bits per heavy atom. The molecule has 0 aliphatic heterocycles. The van der Waals surface area contributed by atoms with Gasteiger partial charge in [-0.1, -0.05) is 107 Å². The smallest absolute Gasteiger partial charge is 0.000473 e. The van der Waals surface area contributed by atoms with Crippen LogP contribution in [0, 0.1) is 11.8 Å². The third-order valence-corrected chi connectivity index (χ3v) is 5.47. The summed E-state index contributed by atoms with van der Waals surface area (Å²) in [5.41, 5.74) is 0. The average molecular weight is 378 g/mol. The van der Waals surface area contributed by atoms with E-state index in [1.54, 1.807) is 19.3 Å². The number of unbranched alkanes of at least 4 members (excludes halogenated alkanes) is 9. The zero-order valence-corrected chi connectivity index (χ0v) is 15.3. The Bertz CT molecular complexity index is 190. The molecule has 1 aliphatic carbocycles. The van der Waals surface area contributed by atoms with Crippen molar-refractivity contribution in [2.75, 3.05) is 4.43 Å². The molecule has 0 bridgehead atoms. The van der Waals surface area contributed by atoms with E-state index < -0.39 is 0 Å². The van der Waals surface area contributed by atoms with E-state index in [0.29, 0.717) is 0 Å². The minimum absolute atomic E-state index is 1.14. The maximum absolute atomic E-state index is 2.50. The maximum Gasteiger partial charge on any atom is -0.000473 e. The van der Waals surface area contributed by atoms with Crippen molar-refractivity contribution in [1.82, 2.24) is 0 Å². The monoisotopic (exact) mass is 378 g/mol. The quantitative estimate of drug-likeness (QED) is 0.171. The second-order valence-corrected chi connectivity index (χ2v) is 7.64. The molecule has 0 spiro atoms. The maximum atomic E-state index is 2.50. The molecule has 19 heavy (non-hydrogen) atoms. The minimum atomic E-state index is 1.14. The van der Waals surface area contributed by atoms with Gasteiger partial charge in [0.2, 0.25) is 0 Å². The van der Waals surface area contributed by atoms with Gasteiger partial charge in [0.1, 0.15) is 0 Å². The Morgan fingerprint density at radius 2 is 1.16 bits per heavy atom. The standard InChI is InChI=1S/C18H35I/c1-2-3-4-5-6-7-8-10-13-17-16-18(17)14-11-9-12-15-19/h17-18H,2-16H2,1H3/t17-,18+/m1/s1. The Balaban J connectivity index is 1.74. The fourth-order valence-corrected chi connectivity index (χ4v) is 3.77. The summed E-state index contributed by atoms with van der Waals surface area (Å²) in [5.74, 6) is 2.28. The van der Waals surface area contributed by atoms with Crippen molar-refractivity contribution < 1.29 is 0 Å². The predicted octanol–water partition coefficient (Wildman–Crippen LogP) is 7.15. The molecule has 0 nitrogen and oxygen atoms in total. The van der Waals surface area contributed by atoms with E-state index in [1.807, 2.05) is 0 Å². The first-order valence-corrected chi connectivity index (χ1v) is 10.5. The van der Waals surface area contributed by atoms with E-state index in [0.717, 1.165) is 11.8 Å². The molecule has 0 N–H and O–H groups in total. The first-order valence-electron chi connectivity index (χ1n) is 8.94. The summed E-state index contributed by atoms with van der Waals surface area (Å²) in [5, 5.41) is 0. The molecule has 1 rings (SSSR count). The Kier molecular flexibility index (Phi) is 11.7. The number of rotatable bonds is 14. The van der Waals surface area contributed by atoms with Crippen LogP contribution < -0.4 is 0 Å². The molecule has 0 unspecified atom stereocenters. The van der Waals surface area contributed by atoms with Gasteiger partial charge < -0.3 is 0 Å². The molecule has 0 saturated heterocycles. The van der Waals surface area contributed by atoms with Crippen LogP contribution in [0.3, 0.4) is 0 Å². The van der Waals surface area contributed by atoms with Crippen LogP contribution in [0.2, 0.25) is 0 Å². The molecule has 1 fully saturated rings. The number of hydrogen-bond acceptors (Lipinski definition) is 0. The first-order chi connectivity index (χ1) is 9.38. The first kappa shape index (κ1) is 17.8. The highest BCUT2D eigenvalue weighted by Gasteiger charge is 2.34. The van der Waals surface area contributed by atoms with Crippen molar-refractivity contribution in [1.29, 1.82) is 0 Å². The van der Waals surface area contributed by atoms with Crippen molar-refractivity contribution in [2.45, 2.75) is 96.8 Å². The molecule has 2 atom stereocenters. The summed E-state index contributed by atoms with van der Waals surface area (Å²) < 4.78 is 1.35. The highest BCUT2D eigenvalue weighted by Crippen LogP contribution is 2.45. The molecule has 1 heteroatoms. The molecule has 1 aliphatic rings. The largest absolute Gasteiger partial charge is 0.0864 e. The number of alkyl halides is 1. The van der Waals surface area contributed by atoms with Gasteiger partial charge in [0, 0.05) is 0 Å². The molecule has 0 aromatic heterocycles. The van der Waals surface area contributed by atoms with Crippen molar-refractivity contribution in [3.05, 3.63) is 0 Å². The molecule has 0 amide bonds. The summed E-state index contributed by atoms with van der Waals surface area (Å²) in [7, 11) is 0. The van der Waals surface area contributed by atoms with Gasteiger partial charge in [0.05, 0.1) is 0 Å². The zero-order valence-electron chi connectivity index (χ0n) is 13.1. The van der Waals surface area contributed by atoms with E-state index in [2.05, 4.69) is 29.5 Å². The van der Waals surface area contributed by atoms with Gasteiger partial charge in [-0.3, -0.25) is 0 Å². The molecule has 1 saturated carbocycles. The molecule has 0 heterocycles. The second-order valence-electron chi connectivity index (χ2n) is 6.56. The summed E-state index contributed by atoms with van der Waals surface area (Å²) in [6, 6.07) is 0. The van der Waals surface area contributed by atoms with E-state index in [9.17, 15) is 0 Å². The van der Waals surface area contributed by atoms with Gasteiger partial charge >= 0.3 is 0 Å². The van der Waals surface area contributed by atoms with Crippen LogP contribution in [-0.4, -0.2) is 4.43 Å². The molecule has 0 radical (unpaired) electrons. The lowest BCUT2D eigenvalue weighted by Gasteiger charge is -2.02.